The van der Waals surface area contributed by atoms with Crippen molar-refractivity contribution < 1.29 is 8.42 Å². The van der Waals surface area contributed by atoms with Crippen LogP contribution in [0.1, 0.15) is 20.8 Å². The molecule has 0 radical (unpaired) electrons. The highest BCUT2D eigenvalue weighted by atomic mass is 32.2. The molecular weight excluding hydrogens is 176 g/mol. The molecule has 0 aromatic heterocycles. The molecule has 0 aromatic rings. The van der Waals surface area contributed by atoms with E-state index in [0.717, 1.165) is 0 Å². The van der Waals surface area contributed by atoms with E-state index in [0.29, 0.717) is 0 Å². The molecule has 0 fully saturated rings. The van der Waals surface area contributed by atoms with E-state index in [1.54, 1.807) is 0 Å². The summed E-state index contributed by atoms with van der Waals surface area (Å²) < 4.78 is 21.9. The van der Waals surface area contributed by atoms with Gasteiger partial charge in [-0.15, -0.1) is 0 Å². The Morgan fingerprint density at radius 1 is 1.42 bits per heavy atom. The van der Waals surface area contributed by atoms with Crippen molar-refractivity contribution in [2.75, 3.05) is 12.0 Å². The molecule has 1 atom stereocenters. The third-order valence-electron chi connectivity index (χ3n) is 1.72. The molecule has 4 nitrogen and oxygen atoms in total. The Bertz CT molecular complexity index is 228. The zero-order valence-electron chi connectivity index (χ0n) is 8.09. The van der Waals surface area contributed by atoms with Crippen LogP contribution in [-0.2, 0) is 9.84 Å². The Morgan fingerprint density at radius 3 is 1.92 bits per heavy atom. The molecule has 0 aliphatic carbocycles. The smallest absolute Gasteiger partial charge is 0.149 e. The van der Waals surface area contributed by atoms with E-state index >= 15 is 0 Å². The van der Waals surface area contributed by atoms with Gasteiger partial charge in [0.25, 0.3) is 0 Å². The van der Waals surface area contributed by atoms with Crippen molar-refractivity contribution in [1.82, 2.24) is 5.43 Å². The number of hydrogen-bond acceptors (Lipinski definition) is 4. The fraction of sp³-hybridized carbons (Fsp3) is 1.00. The minimum absolute atomic E-state index is 0.0764. The summed E-state index contributed by atoms with van der Waals surface area (Å²) in [7, 11) is -2.96. The van der Waals surface area contributed by atoms with Crippen molar-refractivity contribution in [3.63, 3.8) is 0 Å². The maximum absolute atomic E-state index is 11.0. The predicted octanol–water partition coefficient (Wildman–Crippen LogP) is -0.0910. The summed E-state index contributed by atoms with van der Waals surface area (Å²) in [6.45, 7) is 5.84. The van der Waals surface area contributed by atoms with Gasteiger partial charge in [-0.05, 0) is 5.41 Å². The zero-order chi connectivity index (χ0) is 9.99. The van der Waals surface area contributed by atoms with Crippen LogP contribution in [0, 0.1) is 5.41 Å². The summed E-state index contributed by atoms with van der Waals surface area (Å²) in [6.07, 6.45) is 1.21. The summed E-state index contributed by atoms with van der Waals surface area (Å²) in [4.78, 5) is 0. The summed E-state index contributed by atoms with van der Waals surface area (Å²) in [5, 5.41) is 0. The molecule has 12 heavy (non-hydrogen) atoms. The van der Waals surface area contributed by atoms with Crippen LogP contribution < -0.4 is 11.3 Å². The van der Waals surface area contributed by atoms with Gasteiger partial charge in [0.15, 0.2) is 0 Å². The standard InChI is InChI=1S/C7H18N2O2S/c1-7(2,3)6(9-8)5-12(4,10)11/h6,9H,5,8H2,1-4H3. The highest BCUT2D eigenvalue weighted by Crippen LogP contribution is 2.19. The Labute approximate surface area is 74.4 Å². The van der Waals surface area contributed by atoms with E-state index in [4.69, 9.17) is 5.84 Å². The normalized spacial score (nSPS) is 16.1. The number of hydrogen-bond donors (Lipinski definition) is 2. The lowest BCUT2D eigenvalue weighted by molar-refractivity contribution is 0.291. The zero-order valence-corrected chi connectivity index (χ0v) is 8.90. The first-order valence-electron chi connectivity index (χ1n) is 3.80. The first kappa shape index (κ1) is 11.9. The van der Waals surface area contributed by atoms with Gasteiger partial charge in [0.1, 0.15) is 9.84 Å². The van der Waals surface area contributed by atoms with Gasteiger partial charge in [0.2, 0.25) is 0 Å². The monoisotopic (exact) mass is 194 g/mol. The van der Waals surface area contributed by atoms with Gasteiger partial charge in [0, 0.05) is 12.3 Å². The third-order valence-corrected chi connectivity index (χ3v) is 2.65. The van der Waals surface area contributed by atoms with E-state index in [1.807, 2.05) is 20.8 Å². The first-order valence-corrected chi connectivity index (χ1v) is 5.87. The third kappa shape index (κ3) is 4.69. The van der Waals surface area contributed by atoms with E-state index in [-0.39, 0.29) is 17.2 Å². The molecule has 0 saturated heterocycles. The fourth-order valence-corrected chi connectivity index (χ4v) is 2.05. The molecule has 0 spiro atoms. The van der Waals surface area contributed by atoms with Crippen molar-refractivity contribution >= 4 is 9.84 Å². The van der Waals surface area contributed by atoms with Crippen LogP contribution in [0.4, 0.5) is 0 Å². The van der Waals surface area contributed by atoms with Crippen LogP contribution in [0.2, 0.25) is 0 Å². The lowest BCUT2D eigenvalue weighted by Crippen LogP contribution is -2.48. The van der Waals surface area contributed by atoms with Crippen LogP contribution in [0.3, 0.4) is 0 Å². The molecule has 0 aromatic carbocycles. The summed E-state index contributed by atoms with van der Waals surface area (Å²) in [6, 6.07) is -0.201. The summed E-state index contributed by atoms with van der Waals surface area (Å²) in [5.74, 6) is 5.33. The van der Waals surface area contributed by atoms with Crippen LogP contribution >= 0.6 is 0 Å². The molecule has 0 heterocycles. The minimum Gasteiger partial charge on any atom is -0.271 e. The van der Waals surface area contributed by atoms with Crippen molar-refractivity contribution in [1.29, 1.82) is 0 Å². The number of nitrogens with two attached hydrogens (primary N) is 1. The Kier molecular flexibility index (Phi) is 3.68. The topological polar surface area (TPSA) is 72.2 Å². The Balaban J connectivity index is 4.41. The maximum atomic E-state index is 11.0. The number of hydrazine groups is 1. The van der Waals surface area contributed by atoms with Gasteiger partial charge in [-0.3, -0.25) is 11.3 Å². The predicted molar refractivity (Wildman–Crippen MR) is 50.3 cm³/mol. The highest BCUT2D eigenvalue weighted by Gasteiger charge is 2.26. The van der Waals surface area contributed by atoms with Crippen LogP contribution in [0.15, 0.2) is 0 Å². The van der Waals surface area contributed by atoms with Crippen molar-refractivity contribution in [3.8, 4) is 0 Å². The molecule has 0 saturated carbocycles. The second kappa shape index (κ2) is 3.72. The fourth-order valence-electron chi connectivity index (χ4n) is 0.851. The Hall–Kier alpha value is -0.130. The Morgan fingerprint density at radius 2 is 1.83 bits per heavy atom. The van der Waals surface area contributed by atoms with Gasteiger partial charge in [0.05, 0.1) is 5.75 Å². The lowest BCUT2D eigenvalue weighted by atomic mass is 9.88. The minimum atomic E-state index is -2.96. The summed E-state index contributed by atoms with van der Waals surface area (Å²) >= 11 is 0. The number of nitrogens with one attached hydrogen (secondary N) is 1. The molecule has 3 N–H and O–H groups in total. The van der Waals surface area contributed by atoms with E-state index in [1.165, 1.54) is 6.26 Å². The van der Waals surface area contributed by atoms with Gasteiger partial charge in [-0.25, -0.2) is 8.42 Å². The van der Waals surface area contributed by atoms with Gasteiger partial charge in [-0.2, -0.15) is 0 Å². The van der Waals surface area contributed by atoms with Gasteiger partial charge < -0.3 is 0 Å². The molecular formula is C7H18N2O2S. The average molecular weight is 194 g/mol. The van der Waals surface area contributed by atoms with Crippen molar-refractivity contribution in [2.24, 2.45) is 11.3 Å². The molecule has 0 rings (SSSR count). The van der Waals surface area contributed by atoms with Crippen LogP contribution in [0.5, 0.6) is 0 Å². The number of sulfone groups is 1. The van der Waals surface area contributed by atoms with Crippen molar-refractivity contribution in [2.45, 2.75) is 26.8 Å². The molecule has 1 unspecified atom stereocenters. The molecule has 5 heteroatoms. The average Bonchev–Trinajstić information content (AvgIpc) is 1.78. The largest absolute Gasteiger partial charge is 0.271 e. The lowest BCUT2D eigenvalue weighted by Gasteiger charge is -2.29. The maximum Gasteiger partial charge on any atom is 0.149 e. The van der Waals surface area contributed by atoms with Crippen LogP contribution in [-0.4, -0.2) is 26.5 Å². The van der Waals surface area contributed by atoms with Crippen molar-refractivity contribution in [3.05, 3.63) is 0 Å². The highest BCUT2D eigenvalue weighted by molar-refractivity contribution is 7.90. The van der Waals surface area contributed by atoms with Crippen LogP contribution in [0.25, 0.3) is 0 Å². The molecule has 74 valence electrons. The number of rotatable bonds is 3. The van der Waals surface area contributed by atoms with E-state index in [2.05, 4.69) is 5.43 Å². The molecule has 0 aliphatic heterocycles. The first-order chi connectivity index (χ1) is 5.17. The SMILES string of the molecule is CC(C)(C)C(CS(C)(=O)=O)NN. The van der Waals surface area contributed by atoms with Gasteiger partial charge in [-0.1, -0.05) is 20.8 Å². The van der Waals surface area contributed by atoms with E-state index < -0.39 is 9.84 Å². The molecule has 0 amide bonds. The van der Waals surface area contributed by atoms with Gasteiger partial charge >= 0.3 is 0 Å². The quantitative estimate of drug-likeness (QED) is 0.486. The molecule has 0 aliphatic rings. The second-order valence-corrected chi connectivity index (χ2v) is 6.36. The molecule has 0 bridgehead atoms. The van der Waals surface area contributed by atoms with E-state index in [9.17, 15) is 8.42 Å². The summed E-state index contributed by atoms with van der Waals surface area (Å²) in [5.41, 5.74) is 2.38. The second-order valence-electron chi connectivity index (χ2n) is 4.18.